The molecule has 0 amide bonds. The second kappa shape index (κ2) is 4.08. The third kappa shape index (κ3) is 2.20. The number of hydrogen-bond acceptors (Lipinski definition) is 3. The monoisotopic (exact) mass is 182 g/mol. The summed E-state index contributed by atoms with van der Waals surface area (Å²) >= 11 is 0. The lowest BCUT2D eigenvalue weighted by atomic mass is 9.75. The van der Waals surface area contributed by atoms with E-state index in [0.717, 1.165) is 12.8 Å². The standard InChI is InChI=1S/C10H18N2O/c1-10(12,7-11)8-5-3-4-6-9(8)13-2/h8-9H,3-6,12H2,1-2H3. The van der Waals surface area contributed by atoms with Crippen molar-refractivity contribution in [2.75, 3.05) is 7.11 Å². The minimum absolute atomic E-state index is 0.170. The molecule has 3 atom stereocenters. The van der Waals surface area contributed by atoms with E-state index in [1.165, 1.54) is 12.8 Å². The molecule has 1 aliphatic rings. The van der Waals surface area contributed by atoms with E-state index in [1.807, 2.05) is 0 Å². The summed E-state index contributed by atoms with van der Waals surface area (Å²) in [4.78, 5) is 0. The van der Waals surface area contributed by atoms with Gasteiger partial charge in [0.25, 0.3) is 0 Å². The number of nitrogens with zero attached hydrogens (tertiary/aromatic N) is 1. The van der Waals surface area contributed by atoms with Gasteiger partial charge in [-0.2, -0.15) is 5.26 Å². The van der Waals surface area contributed by atoms with Gasteiger partial charge in [0.2, 0.25) is 0 Å². The van der Waals surface area contributed by atoms with Gasteiger partial charge in [-0.05, 0) is 19.8 Å². The van der Waals surface area contributed by atoms with E-state index >= 15 is 0 Å². The first-order valence-electron chi connectivity index (χ1n) is 4.84. The van der Waals surface area contributed by atoms with Crippen LogP contribution in [0.25, 0.3) is 0 Å². The maximum Gasteiger partial charge on any atom is 0.106 e. The minimum atomic E-state index is -0.735. The highest BCUT2D eigenvalue weighted by Crippen LogP contribution is 2.32. The number of hydrogen-bond donors (Lipinski definition) is 1. The van der Waals surface area contributed by atoms with Crippen molar-refractivity contribution in [3.05, 3.63) is 0 Å². The van der Waals surface area contributed by atoms with Crippen molar-refractivity contribution in [2.45, 2.75) is 44.2 Å². The maximum absolute atomic E-state index is 8.93. The molecule has 2 N–H and O–H groups in total. The second-order valence-corrected chi connectivity index (χ2v) is 4.06. The Morgan fingerprint density at radius 1 is 1.46 bits per heavy atom. The second-order valence-electron chi connectivity index (χ2n) is 4.06. The zero-order chi connectivity index (χ0) is 9.90. The van der Waals surface area contributed by atoms with Gasteiger partial charge in [0.1, 0.15) is 5.54 Å². The van der Waals surface area contributed by atoms with Crippen molar-refractivity contribution in [1.29, 1.82) is 5.26 Å². The molecule has 0 radical (unpaired) electrons. The van der Waals surface area contributed by atoms with Crippen LogP contribution in [-0.2, 0) is 4.74 Å². The Labute approximate surface area is 79.9 Å². The first-order valence-corrected chi connectivity index (χ1v) is 4.84. The van der Waals surface area contributed by atoms with Gasteiger partial charge in [-0.1, -0.05) is 12.8 Å². The molecule has 13 heavy (non-hydrogen) atoms. The highest BCUT2D eigenvalue weighted by atomic mass is 16.5. The van der Waals surface area contributed by atoms with Crippen LogP contribution in [0.3, 0.4) is 0 Å². The first kappa shape index (κ1) is 10.5. The SMILES string of the molecule is COC1CCCCC1C(C)(N)C#N. The Morgan fingerprint density at radius 2 is 2.08 bits per heavy atom. The molecule has 3 heteroatoms. The molecule has 0 aliphatic heterocycles. The molecule has 0 heterocycles. The quantitative estimate of drug-likeness (QED) is 0.702. The summed E-state index contributed by atoms with van der Waals surface area (Å²) in [7, 11) is 1.70. The maximum atomic E-state index is 8.93. The molecule has 0 saturated heterocycles. The molecule has 1 saturated carbocycles. The van der Waals surface area contributed by atoms with Crippen LogP contribution in [0, 0.1) is 17.2 Å². The van der Waals surface area contributed by atoms with Crippen LogP contribution < -0.4 is 5.73 Å². The Kier molecular flexibility index (Phi) is 3.29. The highest BCUT2D eigenvalue weighted by Gasteiger charge is 2.38. The van der Waals surface area contributed by atoms with Crippen LogP contribution in [0.1, 0.15) is 32.6 Å². The Balaban J connectivity index is 2.70. The first-order chi connectivity index (χ1) is 6.11. The Hall–Kier alpha value is -0.590. The normalized spacial score (nSPS) is 33.4. The third-order valence-corrected chi connectivity index (χ3v) is 3.02. The Bertz CT molecular complexity index is 207. The van der Waals surface area contributed by atoms with Crippen LogP contribution in [0.5, 0.6) is 0 Å². The van der Waals surface area contributed by atoms with E-state index in [1.54, 1.807) is 14.0 Å². The molecule has 1 rings (SSSR count). The van der Waals surface area contributed by atoms with Gasteiger partial charge in [0, 0.05) is 13.0 Å². The predicted molar refractivity (Wildman–Crippen MR) is 51.0 cm³/mol. The average Bonchev–Trinajstić information content (AvgIpc) is 2.18. The fraction of sp³-hybridized carbons (Fsp3) is 0.900. The Morgan fingerprint density at radius 3 is 2.62 bits per heavy atom. The molecule has 0 bridgehead atoms. The van der Waals surface area contributed by atoms with Crippen molar-refractivity contribution in [3.63, 3.8) is 0 Å². The van der Waals surface area contributed by atoms with Crippen molar-refractivity contribution < 1.29 is 4.74 Å². The fourth-order valence-electron chi connectivity index (χ4n) is 2.15. The van der Waals surface area contributed by atoms with Gasteiger partial charge in [-0.3, -0.25) is 0 Å². The number of methoxy groups -OCH3 is 1. The summed E-state index contributed by atoms with van der Waals surface area (Å²) in [6.07, 6.45) is 4.58. The van der Waals surface area contributed by atoms with E-state index in [9.17, 15) is 0 Å². The van der Waals surface area contributed by atoms with Crippen molar-refractivity contribution in [3.8, 4) is 6.07 Å². The van der Waals surface area contributed by atoms with Crippen molar-refractivity contribution >= 4 is 0 Å². The largest absolute Gasteiger partial charge is 0.381 e. The van der Waals surface area contributed by atoms with Gasteiger partial charge in [-0.25, -0.2) is 0 Å². The number of rotatable bonds is 2. The summed E-state index contributed by atoms with van der Waals surface area (Å²) < 4.78 is 5.36. The zero-order valence-electron chi connectivity index (χ0n) is 8.42. The molecule has 74 valence electrons. The summed E-state index contributed by atoms with van der Waals surface area (Å²) in [6.45, 7) is 1.80. The summed E-state index contributed by atoms with van der Waals surface area (Å²) in [5.74, 6) is 0.191. The molecular formula is C10H18N2O. The molecular weight excluding hydrogens is 164 g/mol. The van der Waals surface area contributed by atoms with E-state index in [4.69, 9.17) is 15.7 Å². The van der Waals surface area contributed by atoms with Gasteiger partial charge in [-0.15, -0.1) is 0 Å². The van der Waals surface area contributed by atoms with E-state index in [2.05, 4.69) is 6.07 Å². The van der Waals surface area contributed by atoms with Crippen LogP contribution >= 0.6 is 0 Å². The highest BCUT2D eigenvalue weighted by molar-refractivity contribution is 5.08. The summed E-state index contributed by atoms with van der Waals surface area (Å²) in [6, 6.07) is 2.17. The summed E-state index contributed by atoms with van der Waals surface area (Å²) in [5.41, 5.74) is 5.18. The van der Waals surface area contributed by atoms with Crippen LogP contribution in [0.4, 0.5) is 0 Å². The molecule has 0 spiro atoms. The summed E-state index contributed by atoms with van der Waals surface area (Å²) in [5, 5.41) is 8.93. The van der Waals surface area contributed by atoms with E-state index in [-0.39, 0.29) is 12.0 Å². The average molecular weight is 182 g/mol. The van der Waals surface area contributed by atoms with Crippen LogP contribution in [0.15, 0.2) is 0 Å². The van der Waals surface area contributed by atoms with Gasteiger partial charge < -0.3 is 10.5 Å². The molecule has 0 aromatic carbocycles. The van der Waals surface area contributed by atoms with E-state index < -0.39 is 5.54 Å². The minimum Gasteiger partial charge on any atom is -0.381 e. The molecule has 1 aliphatic carbocycles. The molecule has 3 unspecified atom stereocenters. The molecule has 3 nitrogen and oxygen atoms in total. The molecule has 0 aromatic heterocycles. The van der Waals surface area contributed by atoms with Gasteiger partial charge in [0.05, 0.1) is 12.2 Å². The fourth-order valence-corrected chi connectivity index (χ4v) is 2.15. The van der Waals surface area contributed by atoms with Gasteiger partial charge >= 0.3 is 0 Å². The zero-order valence-corrected chi connectivity index (χ0v) is 8.42. The van der Waals surface area contributed by atoms with E-state index in [0.29, 0.717) is 0 Å². The lowest BCUT2D eigenvalue weighted by Gasteiger charge is -2.37. The van der Waals surface area contributed by atoms with Crippen LogP contribution in [-0.4, -0.2) is 18.8 Å². The number of nitrogens with two attached hydrogens (primary N) is 1. The molecule has 1 fully saturated rings. The topological polar surface area (TPSA) is 59.0 Å². The van der Waals surface area contributed by atoms with Crippen molar-refractivity contribution in [2.24, 2.45) is 11.7 Å². The van der Waals surface area contributed by atoms with Crippen molar-refractivity contribution in [1.82, 2.24) is 0 Å². The third-order valence-electron chi connectivity index (χ3n) is 3.02. The van der Waals surface area contributed by atoms with Crippen LogP contribution in [0.2, 0.25) is 0 Å². The number of ether oxygens (including phenoxy) is 1. The smallest absolute Gasteiger partial charge is 0.106 e. The molecule has 0 aromatic rings. The lowest BCUT2D eigenvalue weighted by Crippen LogP contribution is -2.49. The van der Waals surface area contributed by atoms with Gasteiger partial charge in [0.15, 0.2) is 0 Å². The number of nitriles is 1. The lowest BCUT2D eigenvalue weighted by molar-refractivity contribution is 0.00454. The predicted octanol–water partition coefficient (Wildman–Crippen LogP) is 1.43.